The zero-order valence-corrected chi connectivity index (χ0v) is 9.33. The van der Waals surface area contributed by atoms with E-state index in [-0.39, 0.29) is 11.7 Å². The van der Waals surface area contributed by atoms with Crippen LogP contribution in [0, 0.1) is 0 Å². The summed E-state index contributed by atoms with van der Waals surface area (Å²) in [5.74, 6) is 0.154. The smallest absolute Gasteiger partial charge is 0.179 e. The summed E-state index contributed by atoms with van der Waals surface area (Å²) in [5, 5.41) is 1.94. The third-order valence-corrected chi connectivity index (χ3v) is 3.34. The summed E-state index contributed by atoms with van der Waals surface area (Å²) in [6, 6.07) is 13.7. The average Bonchev–Trinajstić information content (AvgIpc) is 2.82. The molecule has 0 aliphatic carbocycles. The molecule has 0 spiro atoms. The molecule has 0 N–H and O–H groups in total. The van der Waals surface area contributed by atoms with Crippen LogP contribution in [0.4, 0.5) is 0 Å². The van der Waals surface area contributed by atoms with Gasteiger partial charge in [-0.1, -0.05) is 43.3 Å². The van der Waals surface area contributed by atoms with Crippen LogP contribution in [0.5, 0.6) is 0 Å². The Hall–Kier alpha value is -1.41. The first kappa shape index (κ1) is 10.1. The van der Waals surface area contributed by atoms with Gasteiger partial charge in [0.05, 0.1) is 4.88 Å². The molecular weight excluding hydrogens is 204 g/mol. The zero-order valence-electron chi connectivity index (χ0n) is 8.51. The number of rotatable bonds is 3. The molecule has 0 bridgehead atoms. The minimum Gasteiger partial charge on any atom is -0.293 e. The molecular formula is C13H12OS. The normalized spacial score (nSPS) is 12.3. The molecule has 0 fully saturated rings. The predicted molar refractivity (Wildman–Crippen MR) is 63.5 cm³/mol. The number of hydrogen-bond donors (Lipinski definition) is 0. The first-order chi connectivity index (χ1) is 7.29. The summed E-state index contributed by atoms with van der Waals surface area (Å²) in [6.45, 7) is 1.96. The number of carbonyl (C=O) groups is 1. The number of Topliss-reactive ketones (excluding diaryl/α,β-unsaturated/α-hetero) is 1. The molecule has 1 atom stereocenters. The largest absolute Gasteiger partial charge is 0.293 e. The fraction of sp³-hybridized carbons (Fsp3) is 0.154. The van der Waals surface area contributed by atoms with E-state index in [9.17, 15) is 4.79 Å². The van der Waals surface area contributed by atoms with Crippen molar-refractivity contribution >= 4 is 17.1 Å². The summed E-state index contributed by atoms with van der Waals surface area (Å²) in [4.78, 5) is 12.9. The lowest BCUT2D eigenvalue weighted by molar-refractivity contribution is 0.0970. The highest BCUT2D eigenvalue weighted by Crippen LogP contribution is 2.22. The zero-order chi connectivity index (χ0) is 10.7. The van der Waals surface area contributed by atoms with Crippen LogP contribution in [0.2, 0.25) is 0 Å². The molecule has 0 radical (unpaired) electrons. The van der Waals surface area contributed by atoms with Crippen molar-refractivity contribution < 1.29 is 4.79 Å². The maximum Gasteiger partial charge on any atom is 0.179 e. The Bertz CT molecular complexity index is 431. The van der Waals surface area contributed by atoms with Crippen LogP contribution in [-0.2, 0) is 0 Å². The Balaban J connectivity index is 2.23. The number of thiophene rings is 1. The van der Waals surface area contributed by atoms with Gasteiger partial charge in [0.2, 0.25) is 0 Å². The van der Waals surface area contributed by atoms with E-state index in [1.54, 1.807) is 0 Å². The highest BCUT2D eigenvalue weighted by molar-refractivity contribution is 7.12. The van der Waals surface area contributed by atoms with Gasteiger partial charge in [0.15, 0.2) is 5.78 Å². The van der Waals surface area contributed by atoms with Gasteiger partial charge in [0.1, 0.15) is 0 Å². The molecule has 0 unspecified atom stereocenters. The molecule has 76 valence electrons. The van der Waals surface area contributed by atoms with Gasteiger partial charge in [-0.25, -0.2) is 0 Å². The lowest BCUT2D eigenvalue weighted by Gasteiger charge is -2.08. The van der Waals surface area contributed by atoms with E-state index < -0.39 is 0 Å². The summed E-state index contributed by atoms with van der Waals surface area (Å²) >= 11 is 1.50. The van der Waals surface area contributed by atoms with Crippen LogP contribution in [-0.4, -0.2) is 5.78 Å². The second kappa shape index (κ2) is 4.41. The van der Waals surface area contributed by atoms with Gasteiger partial charge in [0, 0.05) is 5.92 Å². The van der Waals surface area contributed by atoms with E-state index in [0.717, 1.165) is 10.4 Å². The molecule has 0 aliphatic rings. The van der Waals surface area contributed by atoms with Gasteiger partial charge < -0.3 is 0 Å². The summed E-state index contributed by atoms with van der Waals surface area (Å²) in [7, 11) is 0. The molecule has 0 amide bonds. The molecule has 1 aromatic heterocycles. The summed E-state index contributed by atoms with van der Waals surface area (Å²) < 4.78 is 0. The lowest BCUT2D eigenvalue weighted by Crippen LogP contribution is -2.07. The van der Waals surface area contributed by atoms with Crippen LogP contribution in [0.1, 0.15) is 28.1 Å². The van der Waals surface area contributed by atoms with Gasteiger partial charge >= 0.3 is 0 Å². The van der Waals surface area contributed by atoms with E-state index >= 15 is 0 Å². The third-order valence-electron chi connectivity index (χ3n) is 2.46. The van der Waals surface area contributed by atoms with Crippen LogP contribution in [0.25, 0.3) is 0 Å². The first-order valence-corrected chi connectivity index (χ1v) is 5.79. The van der Waals surface area contributed by atoms with Crippen molar-refractivity contribution in [1.82, 2.24) is 0 Å². The third kappa shape index (κ3) is 2.16. The van der Waals surface area contributed by atoms with E-state index in [1.807, 2.05) is 54.8 Å². The second-order valence-electron chi connectivity index (χ2n) is 3.47. The number of ketones is 1. The van der Waals surface area contributed by atoms with Crippen molar-refractivity contribution in [2.75, 3.05) is 0 Å². The fourth-order valence-electron chi connectivity index (χ4n) is 1.53. The Morgan fingerprint density at radius 2 is 1.87 bits per heavy atom. The minimum atomic E-state index is -0.0511. The maximum absolute atomic E-state index is 12.0. The monoisotopic (exact) mass is 216 g/mol. The molecule has 15 heavy (non-hydrogen) atoms. The van der Waals surface area contributed by atoms with Crippen molar-refractivity contribution in [2.24, 2.45) is 0 Å². The topological polar surface area (TPSA) is 17.1 Å². The molecule has 2 rings (SSSR count). The molecule has 0 saturated carbocycles. The van der Waals surface area contributed by atoms with E-state index in [1.165, 1.54) is 11.3 Å². The highest BCUT2D eigenvalue weighted by atomic mass is 32.1. The SMILES string of the molecule is C[C@H](C(=O)c1cccs1)c1ccccc1. The fourth-order valence-corrected chi connectivity index (χ4v) is 2.28. The number of benzene rings is 1. The number of carbonyl (C=O) groups excluding carboxylic acids is 1. The Morgan fingerprint density at radius 3 is 2.47 bits per heavy atom. The van der Waals surface area contributed by atoms with Gasteiger partial charge in [-0.15, -0.1) is 11.3 Å². The molecule has 0 aliphatic heterocycles. The van der Waals surface area contributed by atoms with E-state index in [2.05, 4.69) is 0 Å². The van der Waals surface area contributed by atoms with Crippen LogP contribution in [0.3, 0.4) is 0 Å². The van der Waals surface area contributed by atoms with E-state index in [4.69, 9.17) is 0 Å². The van der Waals surface area contributed by atoms with Gasteiger partial charge in [-0.2, -0.15) is 0 Å². The first-order valence-electron chi connectivity index (χ1n) is 4.91. The van der Waals surface area contributed by atoms with Crippen LogP contribution >= 0.6 is 11.3 Å². The molecule has 1 heterocycles. The Kier molecular flexibility index (Phi) is 2.97. The van der Waals surface area contributed by atoms with Crippen molar-refractivity contribution in [3.63, 3.8) is 0 Å². The van der Waals surface area contributed by atoms with Crippen LogP contribution in [0.15, 0.2) is 47.8 Å². The standard InChI is InChI=1S/C13H12OS/c1-10(11-6-3-2-4-7-11)13(14)12-8-5-9-15-12/h2-10H,1H3/t10-/m0/s1. The average molecular weight is 216 g/mol. The predicted octanol–water partition coefficient (Wildman–Crippen LogP) is 3.73. The summed E-state index contributed by atoms with van der Waals surface area (Å²) in [6.07, 6.45) is 0. The maximum atomic E-state index is 12.0. The van der Waals surface area contributed by atoms with Gasteiger partial charge in [0.25, 0.3) is 0 Å². The molecule has 0 saturated heterocycles. The van der Waals surface area contributed by atoms with Gasteiger partial charge in [-0.05, 0) is 17.0 Å². The molecule has 1 aromatic carbocycles. The quantitative estimate of drug-likeness (QED) is 0.714. The highest BCUT2D eigenvalue weighted by Gasteiger charge is 2.17. The van der Waals surface area contributed by atoms with Gasteiger partial charge in [-0.3, -0.25) is 4.79 Å². The lowest BCUT2D eigenvalue weighted by atomic mass is 9.96. The van der Waals surface area contributed by atoms with Crippen molar-refractivity contribution in [3.8, 4) is 0 Å². The minimum absolute atomic E-state index is 0.0511. The molecule has 2 aromatic rings. The number of hydrogen-bond acceptors (Lipinski definition) is 2. The second-order valence-corrected chi connectivity index (χ2v) is 4.42. The van der Waals surface area contributed by atoms with Crippen molar-refractivity contribution in [2.45, 2.75) is 12.8 Å². The van der Waals surface area contributed by atoms with Crippen molar-refractivity contribution in [3.05, 3.63) is 58.3 Å². The van der Waals surface area contributed by atoms with E-state index in [0.29, 0.717) is 0 Å². The Labute approximate surface area is 93.4 Å². The Morgan fingerprint density at radius 1 is 1.13 bits per heavy atom. The van der Waals surface area contributed by atoms with Crippen LogP contribution < -0.4 is 0 Å². The summed E-state index contributed by atoms with van der Waals surface area (Å²) in [5.41, 5.74) is 1.08. The van der Waals surface area contributed by atoms with Crippen molar-refractivity contribution in [1.29, 1.82) is 0 Å². The molecule has 2 heteroatoms. The molecule has 1 nitrogen and oxygen atoms in total.